The van der Waals surface area contributed by atoms with E-state index in [0.29, 0.717) is 0 Å². The van der Waals surface area contributed by atoms with E-state index in [9.17, 15) is 18.3 Å². The van der Waals surface area contributed by atoms with Crippen LogP contribution < -0.4 is 4.72 Å². The molecule has 7 heteroatoms. The molecule has 0 spiro atoms. The molecule has 2 N–H and O–H groups in total. The fourth-order valence-corrected chi connectivity index (χ4v) is 2.82. The predicted molar refractivity (Wildman–Crippen MR) is 71.9 cm³/mol. The number of hydrogen-bond donors (Lipinski definition) is 2. The highest BCUT2D eigenvalue weighted by molar-refractivity contribution is 9.10. The van der Waals surface area contributed by atoms with Crippen LogP contribution in [0.15, 0.2) is 28.7 Å². The first-order valence-electron chi connectivity index (χ1n) is 5.09. The molecule has 18 heavy (non-hydrogen) atoms. The van der Waals surface area contributed by atoms with Gasteiger partial charge in [-0.25, -0.2) is 8.42 Å². The van der Waals surface area contributed by atoms with E-state index in [-0.39, 0.29) is 6.42 Å². The second-order valence-electron chi connectivity index (χ2n) is 4.31. The molecule has 0 aliphatic heterocycles. The highest BCUT2D eigenvalue weighted by Gasteiger charge is 2.36. The van der Waals surface area contributed by atoms with E-state index in [1.165, 1.54) is 6.92 Å². The fraction of sp³-hybridized carbons (Fsp3) is 0.364. The molecule has 1 aromatic carbocycles. The van der Waals surface area contributed by atoms with Crippen molar-refractivity contribution in [3.63, 3.8) is 0 Å². The standard InChI is InChI=1S/C11H14BrNO4S/c1-11(10(14)15,13-18(2,16)17)7-8-3-5-9(12)6-4-8/h3-6,13H,7H2,1-2H3,(H,14,15). The summed E-state index contributed by atoms with van der Waals surface area (Å²) in [5, 5.41) is 9.18. The third-order valence-electron chi connectivity index (χ3n) is 2.35. The first kappa shape index (κ1) is 15.1. The van der Waals surface area contributed by atoms with Gasteiger partial charge in [-0.15, -0.1) is 0 Å². The summed E-state index contributed by atoms with van der Waals surface area (Å²) in [6.45, 7) is 1.35. The fourth-order valence-electron chi connectivity index (χ4n) is 1.58. The van der Waals surface area contributed by atoms with Crippen molar-refractivity contribution in [2.75, 3.05) is 6.26 Å². The largest absolute Gasteiger partial charge is 0.480 e. The van der Waals surface area contributed by atoms with Crippen LogP contribution in [-0.4, -0.2) is 31.3 Å². The number of carbonyl (C=O) groups is 1. The van der Waals surface area contributed by atoms with Crippen molar-refractivity contribution in [1.29, 1.82) is 0 Å². The van der Waals surface area contributed by atoms with Gasteiger partial charge in [0.1, 0.15) is 5.54 Å². The maximum Gasteiger partial charge on any atom is 0.324 e. The molecule has 0 bridgehead atoms. The zero-order chi connectivity index (χ0) is 14.0. The van der Waals surface area contributed by atoms with Crippen molar-refractivity contribution in [3.05, 3.63) is 34.3 Å². The van der Waals surface area contributed by atoms with Gasteiger partial charge in [0.25, 0.3) is 0 Å². The monoisotopic (exact) mass is 335 g/mol. The Kier molecular flexibility index (Phi) is 4.52. The van der Waals surface area contributed by atoms with Crippen molar-refractivity contribution in [1.82, 2.24) is 4.72 Å². The number of nitrogens with one attached hydrogen (secondary N) is 1. The van der Waals surface area contributed by atoms with Gasteiger partial charge in [-0.3, -0.25) is 4.79 Å². The van der Waals surface area contributed by atoms with E-state index in [1.807, 2.05) is 0 Å². The molecule has 0 heterocycles. The molecule has 1 rings (SSSR count). The number of sulfonamides is 1. The van der Waals surface area contributed by atoms with Crippen molar-refractivity contribution in [2.24, 2.45) is 0 Å². The third-order valence-corrected chi connectivity index (χ3v) is 3.70. The van der Waals surface area contributed by atoms with Crippen LogP contribution >= 0.6 is 15.9 Å². The van der Waals surface area contributed by atoms with E-state index in [0.717, 1.165) is 16.3 Å². The second kappa shape index (κ2) is 5.38. The Morgan fingerprint density at radius 3 is 2.28 bits per heavy atom. The van der Waals surface area contributed by atoms with Gasteiger partial charge in [-0.1, -0.05) is 28.1 Å². The van der Waals surface area contributed by atoms with Crippen LogP contribution in [0.25, 0.3) is 0 Å². The second-order valence-corrected chi connectivity index (χ2v) is 6.98. The lowest BCUT2D eigenvalue weighted by Crippen LogP contribution is -2.53. The summed E-state index contributed by atoms with van der Waals surface area (Å²) < 4.78 is 25.5. The predicted octanol–water partition coefficient (Wildman–Crippen LogP) is 1.38. The SMILES string of the molecule is CC(Cc1ccc(Br)cc1)(NS(C)(=O)=O)C(=O)O. The van der Waals surface area contributed by atoms with Gasteiger partial charge in [0, 0.05) is 10.9 Å². The van der Waals surface area contributed by atoms with Gasteiger partial charge in [0.2, 0.25) is 10.0 Å². The number of aliphatic carboxylic acids is 1. The summed E-state index contributed by atoms with van der Waals surface area (Å²) in [5.74, 6) is -1.21. The summed E-state index contributed by atoms with van der Waals surface area (Å²) >= 11 is 3.28. The molecule has 100 valence electrons. The van der Waals surface area contributed by atoms with Gasteiger partial charge < -0.3 is 5.11 Å². The van der Waals surface area contributed by atoms with Gasteiger partial charge in [0.15, 0.2) is 0 Å². The Balaban J connectivity index is 3.00. The van der Waals surface area contributed by atoms with Crippen LogP contribution in [-0.2, 0) is 21.2 Å². The van der Waals surface area contributed by atoms with Crippen LogP contribution in [0, 0.1) is 0 Å². The zero-order valence-corrected chi connectivity index (χ0v) is 12.4. The number of carboxylic acids is 1. The maximum absolute atomic E-state index is 11.2. The number of hydrogen-bond acceptors (Lipinski definition) is 3. The summed E-state index contributed by atoms with van der Waals surface area (Å²) in [5.41, 5.74) is -0.819. The molecule has 0 aliphatic carbocycles. The molecule has 0 saturated carbocycles. The van der Waals surface area contributed by atoms with Crippen LogP contribution in [0.2, 0.25) is 0 Å². The van der Waals surface area contributed by atoms with E-state index in [4.69, 9.17) is 0 Å². The molecule has 0 aliphatic rings. The highest BCUT2D eigenvalue weighted by atomic mass is 79.9. The van der Waals surface area contributed by atoms with Crippen molar-refractivity contribution >= 4 is 31.9 Å². The first-order chi connectivity index (χ1) is 8.12. The van der Waals surface area contributed by atoms with Crippen molar-refractivity contribution < 1.29 is 18.3 Å². The quantitative estimate of drug-likeness (QED) is 0.851. The molecule has 0 amide bonds. The highest BCUT2D eigenvalue weighted by Crippen LogP contribution is 2.17. The molecule has 5 nitrogen and oxygen atoms in total. The topological polar surface area (TPSA) is 83.5 Å². The van der Waals surface area contributed by atoms with E-state index in [1.54, 1.807) is 24.3 Å². The minimum Gasteiger partial charge on any atom is -0.480 e. The molecular formula is C11H14BrNO4S. The van der Waals surface area contributed by atoms with E-state index < -0.39 is 21.5 Å². The Morgan fingerprint density at radius 2 is 1.89 bits per heavy atom. The third kappa shape index (κ3) is 4.40. The number of benzene rings is 1. The van der Waals surface area contributed by atoms with Crippen molar-refractivity contribution in [3.8, 4) is 0 Å². The molecule has 0 saturated heterocycles. The summed E-state index contributed by atoms with van der Waals surface area (Å²) in [7, 11) is -3.60. The number of halogens is 1. The van der Waals surface area contributed by atoms with Crippen LogP contribution in [0.1, 0.15) is 12.5 Å². The summed E-state index contributed by atoms with van der Waals surface area (Å²) in [6.07, 6.45) is 1.01. The molecule has 0 aromatic heterocycles. The van der Waals surface area contributed by atoms with Gasteiger partial charge in [-0.2, -0.15) is 4.72 Å². The minimum atomic E-state index is -3.60. The lowest BCUT2D eigenvalue weighted by atomic mass is 9.94. The number of carboxylic acid groups (broad SMARTS) is 1. The summed E-state index contributed by atoms with van der Waals surface area (Å²) in [6, 6.07) is 7.04. The van der Waals surface area contributed by atoms with Crippen molar-refractivity contribution in [2.45, 2.75) is 18.9 Å². The van der Waals surface area contributed by atoms with Gasteiger partial charge >= 0.3 is 5.97 Å². The smallest absolute Gasteiger partial charge is 0.324 e. The lowest BCUT2D eigenvalue weighted by Gasteiger charge is -2.25. The Hall–Kier alpha value is -0.920. The molecule has 1 unspecified atom stereocenters. The first-order valence-corrected chi connectivity index (χ1v) is 7.78. The molecule has 0 fully saturated rings. The van der Waals surface area contributed by atoms with Gasteiger partial charge in [0.05, 0.1) is 6.26 Å². The maximum atomic E-state index is 11.2. The van der Waals surface area contributed by atoms with Gasteiger partial charge in [-0.05, 0) is 24.6 Å². The zero-order valence-electron chi connectivity index (χ0n) is 9.97. The van der Waals surface area contributed by atoms with Crippen LogP contribution in [0.3, 0.4) is 0 Å². The Labute approximate surface area is 114 Å². The van der Waals surface area contributed by atoms with Crippen LogP contribution in [0.4, 0.5) is 0 Å². The summed E-state index contributed by atoms with van der Waals surface area (Å²) in [4.78, 5) is 11.2. The molecular weight excluding hydrogens is 322 g/mol. The van der Waals surface area contributed by atoms with Crippen LogP contribution in [0.5, 0.6) is 0 Å². The minimum absolute atomic E-state index is 0.0721. The normalized spacial score (nSPS) is 15.1. The Bertz CT molecular complexity index is 541. The number of rotatable bonds is 5. The van der Waals surface area contributed by atoms with E-state index in [2.05, 4.69) is 20.7 Å². The molecule has 1 atom stereocenters. The Morgan fingerprint density at radius 1 is 1.39 bits per heavy atom. The average molecular weight is 336 g/mol. The molecule has 0 radical (unpaired) electrons. The average Bonchev–Trinajstić information content (AvgIpc) is 2.18. The lowest BCUT2D eigenvalue weighted by molar-refractivity contribution is -0.143. The molecule has 1 aromatic rings. The van der Waals surface area contributed by atoms with E-state index >= 15 is 0 Å².